The second-order valence-electron chi connectivity index (χ2n) is 7.20. The Balaban J connectivity index is 1.41. The molecule has 0 bridgehead atoms. The number of rotatable bonds is 5. The predicted molar refractivity (Wildman–Crippen MR) is 123 cm³/mol. The Labute approximate surface area is 179 Å². The van der Waals surface area contributed by atoms with E-state index in [2.05, 4.69) is 59.5 Å². The third kappa shape index (κ3) is 3.46. The van der Waals surface area contributed by atoms with E-state index in [0.717, 1.165) is 16.9 Å². The minimum absolute atomic E-state index is 0.0912. The molecule has 5 rings (SSSR count). The minimum atomic E-state index is 0.0912. The summed E-state index contributed by atoms with van der Waals surface area (Å²) in [7, 11) is 0. The molecule has 1 atom stereocenters. The predicted octanol–water partition coefficient (Wildman–Crippen LogP) is 6.03. The zero-order valence-corrected chi connectivity index (χ0v) is 17.6. The molecule has 0 aliphatic heterocycles. The molecular weight excluding hydrogens is 390 g/mol. The Kier molecular flexibility index (Phi) is 4.77. The molecule has 30 heavy (non-hydrogen) atoms. The van der Waals surface area contributed by atoms with Crippen LogP contribution in [0.4, 0.5) is 5.95 Å². The van der Waals surface area contributed by atoms with E-state index < -0.39 is 0 Å². The minimum Gasteiger partial charge on any atom is -0.348 e. The maximum Gasteiger partial charge on any atom is 0.225 e. The summed E-state index contributed by atoms with van der Waals surface area (Å²) < 4.78 is 1.98. The van der Waals surface area contributed by atoms with Crippen molar-refractivity contribution in [2.75, 3.05) is 5.32 Å². The molecule has 5 nitrogen and oxygen atoms in total. The number of fused-ring (bicyclic) bond motifs is 1. The van der Waals surface area contributed by atoms with Gasteiger partial charge in [-0.1, -0.05) is 42.5 Å². The van der Waals surface area contributed by atoms with Gasteiger partial charge in [0.1, 0.15) is 12.1 Å². The zero-order chi connectivity index (χ0) is 20.5. The van der Waals surface area contributed by atoms with Crippen LogP contribution in [-0.4, -0.2) is 19.5 Å². The third-order valence-electron chi connectivity index (χ3n) is 5.17. The topological polar surface area (TPSA) is 55.6 Å². The molecule has 6 heteroatoms. The molecule has 148 valence electrons. The van der Waals surface area contributed by atoms with Crippen LogP contribution in [0.2, 0.25) is 0 Å². The average molecular weight is 412 g/mol. The van der Waals surface area contributed by atoms with Crippen molar-refractivity contribution in [1.29, 1.82) is 0 Å². The number of hydrogen-bond donors (Lipinski definition) is 1. The van der Waals surface area contributed by atoms with E-state index in [1.165, 1.54) is 20.9 Å². The van der Waals surface area contributed by atoms with Gasteiger partial charge in [-0.25, -0.2) is 9.97 Å². The molecule has 0 aliphatic rings. The van der Waals surface area contributed by atoms with E-state index in [-0.39, 0.29) is 6.04 Å². The first kappa shape index (κ1) is 18.5. The maximum absolute atomic E-state index is 4.73. The number of benzene rings is 2. The molecule has 0 amide bonds. The largest absolute Gasteiger partial charge is 0.348 e. The highest BCUT2D eigenvalue weighted by Gasteiger charge is 2.15. The molecule has 5 aromatic rings. The first-order valence-corrected chi connectivity index (χ1v) is 10.7. The van der Waals surface area contributed by atoms with Crippen LogP contribution >= 0.6 is 11.3 Å². The number of anilines is 1. The van der Waals surface area contributed by atoms with Crippen molar-refractivity contribution in [3.8, 4) is 16.3 Å². The van der Waals surface area contributed by atoms with Gasteiger partial charge in [0.25, 0.3) is 0 Å². The lowest BCUT2D eigenvalue weighted by molar-refractivity contribution is 0.852. The monoisotopic (exact) mass is 411 g/mol. The van der Waals surface area contributed by atoms with Crippen LogP contribution in [0.3, 0.4) is 0 Å². The van der Waals surface area contributed by atoms with E-state index >= 15 is 0 Å². The highest BCUT2D eigenvalue weighted by Crippen LogP contribution is 2.34. The number of aromatic nitrogens is 4. The first-order valence-electron chi connectivity index (χ1n) is 9.87. The molecule has 1 N–H and O–H groups in total. The van der Waals surface area contributed by atoms with Gasteiger partial charge in [-0.15, -0.1) is 11.3 Å². The highest BCUT2D eigenvalue weighted by atomic mass is 32.1. The maximum atomic E-state index is 4.73. The van der Waals surface area contributed by atoms with Gasteiger partial charge in [-0.3, -0.25) is 4.57 Å². The lowest BCUT2D eigenvalue weighted by Gasteiger charge is -2.14. The van der Waals surface area contributed by atoms with Gasteiger partial charge in [0.05, 0.1) is 17.1 Å². The van der Waals surface area contributed by atoms with Gasteiger partial charge < -0.3 is 5.32 Å². The van der Waals surface area contributed by atoms with E-state index in [4.69, 9.17) is 4.98 Å². The molecule has 3 heterocycles. The van der Waals surface area contributed by atoms with Crippen LogP contribution in [0.15, 0.2) is 79.3 Å². The summed E-state index contributed by atoms with van der Waals surface area (Å²) in [6.07, 6.45) is 3.58. The van der Waals surface area contributed by atoms with Crippen molar-refractivity contribution in [1.82, 2.24) is 19.5 Å². The Morgan fingerprint density at radius 1 is 0.967 bits per heavy atom. The fourth-order valence-corrected chi connectivity index (χ4v) is 4.76. The van der Waals surface area contributed by atoms with Crippen LogP contribution in [0.5, 0.6) is 0 Å². The normalized spacial score (nSPS) is 12.2. The number of thiophene rings is 1. The Morgan fingerprint density at radius 2 is 1.77 bits per heavy atom. The number of para-hydroxylation sites is 2. The average Bonchev–Trinajstić information content (AvgIpc) is 3.38. The lowest BCUT2D eigenvalue weighted by Crippen LogP contribution is -2.10. The van der Waals surface area contributed by atoms with Crippen molar-refractivity contribution in [2.24, 2.45) is 0 Å². The molecule has 0 fully saturated rings. The van der Waals surface area contributed by atoms with E-state index in [1.807, 2.05) is 52.3 Å². The summed E-state index contributed by atoms with van der Waals surface area (Å²) in [5.74, 6) is 1.39. The Bertz CT molecular complexity index is 1310. The number of aryl methyl sites for hydroxylation is 1. The van der Waals surface area contributed by atoms with Crippen LogP contribution in [0.25, 0.3) is 27.3 Å². The SMILES string of the molecule is Cc1sc(-c2ccccc2)cc1C(C)Nc1nccc(-n2cnc3ccccc32)n1. The van der Waals surface area contributed by atoms with Gasteiger partial charge in [0.15, 0.2) is 0 Å². The Morgan fingerprint density at radius 3 is 2.63 bits per heavy atom. The second kappa shape index (κ2) is 7.72. The quantitative estimate of drug-likeness (QED) is 0.384. The molecule has 0 saturated carbocycles. The van der Waals surface area contributed by atoms with E-state index in [1.54, 1.807) is 12.5 Å². The summed E-state index contributed by atoms with van der Waals surface area (Å²) in [6, 6.07) is 22.8. The molecule has 0 aliphatic carbocycles. The van der Waals surface area contributed by atoms with Gasteiger partial charge >= 0.3 is 0 Å². The van der Waals surface area contributed by atoms with Crippen molar-refractivity contribution >= 4 is 28.3 Å². The third-order valence-corrected chi connectivity index (χ3v) is 6.28. The molecule has 2 aromatic carbocycles. The van der Waals surface area contributed by atoms with Gasteiger partial charge in [-0.05, 0) is 49.2 Å². The molecular formula is C24H21N5S. The van der Waals surface area contributed by atoms with Crippen molar-refractivity contribution in [3.63, 3.8) is 0 Å². The van der Waals surface area contributed by atoms with Gasteiger partial charge in [0, 0.05) is 16.0 Å². The number of imidazole rings is 1. The highest BCUT2D eigenvalue weighted by molar-refractivity contribution is 7.15. The Hall–Kier alpha value is -3.51. The number of nitrogens with zero attached hydrogens (tertiary/aromatic N) is 4. The summed E-state index contributed by atoms with van der Waals surface area (Å²) in [6.45, 7) is 4.31. The van der Waals surface area contributed by atoms with Crippen molar-refractivity contribution < 1.29 is 0 Å². The second-order valence-corrected chi connectivity index (χ2v) is 8.45. The van der Waals surface area contributed by atoms with E-state index in [0.29, 0.717) is 5.95 Å². The van der Waals surface area contributed by atoms with Crippen LogP contribution < -0.4 is 5.32 Å². The van der Waals surface area contributed by atoms with Gasteiger partial charge in [-0.2, -0.15) is 4.98 Å². The number of hydrogen-bond acceptors (Lipinski definition) is 5. The van der Waals surface area contributed by atoms with Crippen molar-refractivity contribution in [3.05, 3.63) is 89.7 Å². The summed E-state index contributed by atoms with van der Waals surface area (Å²) >= 11 is 1.82. The first-order chi connectivity index (χ1) is 14.7. The van der Waals surface area contributed by atoms with Crippen LogP contribution in [-0.2, 0) is 0 Å². The lowest BCUT2D eigenvalue weighted by atomic mass is 10.1. The summed E-state index contributed by atoms with van der Waals surface area (Å²) in [4.78, 5) is 16.2. The number of nitrogens with one attached hydrogen (secondary N) is 1. The molecule has 1 unspecified atom stereocenters. The summed E-state index contributed by atoms with van der Waals surface area (Å²) in [5.41, 5.74) is 4.48. The van der Waals surface area contributed by atoms with Crippen LogP contribution in [0, 0.1) is 6.92 Å². The van der Waals surface area contributed by atoms with Crippen LogP contribution in [0.1, 0.15) is 23.4 Å². The molecule has 3 aromatic heterocycles. The van der Waals surface area contributed by atoms with Gasteiger partial charge in [0.2, 0.25) is 5.95 Å². The standard InChI is InChI=1S/C24H21N5S/c1-16(19-14-22(30-17(19)2)18-8-4-3-5-9-18)27-24-25-13-12-23(28-24)29-15-26-20-10-6-7-11-21(20)29/h3-16H,1-2H3,(H,25,27,28). The van der Waals surface area contributed by atoms with E-state index in [9.17, 15) is 0 Å². The fraction of sp³-hybridized carbons (Fsp3) is 0.125. The molecule has 0 radical (unpaired) electrons. The van der Waals surface area contributed by atoms with Crippen molar-refractivity contribution in [2.45, 2.75) is 19.9 Å². The summed E-state index contributed by atoms with van der Waals surface area (Å²) in [5, 5.41) is 3.46. The molecule has 0 saturated heterocycles. The molecule has 0 spiro atoms. The smallest absolute Gasteiger partial charge is 0.225 e. The zero-order valence-electron chi connectivity index (χ0n) is 16.8. The fourth-order valence-electron chi connectivity index (χ4n) is 3.64.